The van der Waals surface area contributed by atoms with Gasteiger partial charge in [0.25, 0.3) is 0 Å². The highest BCUT2D eigenvalue weighted by Crippen LogP contribution is 2.22. The van der Waals surface area contributed by atoms with Gasteiger partial charge in [-0.25, -0.2) is 0 Å². The summed E-state index contributed by atoms with van der Waals surface area (Å²) in [5.41, 5.74) is 1.56. The Hall–Kier alpha value is -3.61. The van der Waals surface area contributed by atoms with E-state index in [1.807, 2.05) is 42.5 Å². The number of carbonyl (C=O) groups is 1. The minimum Gasteiger partial charge on any atom is -0.324 e. The van der Waals surface area contributed by atoms with Gasteiger partial charge in [0, 0.05) is 29.0 Å². The average molecular weight is 330 g/mol. The summed E-state index contributed by atoms with van der Waals surface area (Å²) in [5, 5.41) is 17.1. The predicted octanol–water partition coefficient (Wildman–Crippen LogP) is 2.53. The van der Waals surface area contributed by atoms with Gasteiger partial charge in [0.15, 0.2) is 0 Å². The van der Waals surface area contributed by atoms with Crippen molar-refractivity contribution in [2.45, 2.75) is 6.54 Å². The van der Waals surface area contributed by atoms with Gasteiger partial charge in [0.1, 0.15) is 6.54 Å². The predicted molar refractivity (Wildman–Crippen MR) is 93.6 cm³/mol. The quantitative estimate of drug-likeness (QED) is 0.621. The second kappa shape index (κ2) is 6.48. The van der Waals surface area contributed by atoms with E-state index in [2.05, 4.69) is 25.7 Å². The smallest absolute Gasteiger partial charge is 0.248 e. The second-order valence-corrected chi connectivity index (χ2v) is 5.45. The summed E-state index contributed by atoms with van der Waals surface area (Å²) < 4.78 is 0. The molecule has 122 valence electrons. The van der Waals surface area contributed by atoms with E-state index in [0.29, 0.717) is 5.82 Å². The van der Waals surface area contributed by atoms with Gasteiger partial charge in [0.05, 0.1) is 0 Å². The molecule has 0 unspecified atom stereocenters. The summed E-state index contributed by atoms with van der Waals surface area (Å²) in [6, 6.07) is 17.3. The highest BCUT2D eigenvalue weighted by atomic mass is 16.2. The zero-order valence-corrected chi connectivity index (χ0v) is 13.2. The van der Waals surface area contributed by atoms with Crippen molar-refractivity contribution >= 4 is 22.4 Å². The molecule has 0 spiro atoms. The molecule has 4 aromatic rings. The van der Waals surface area contributed by atoms with Crippen LogP contribution in [0.25, 0.3) is 22.2 Å². The Morgan fingerprint density at radius 2 is 1.80 bits per heavy atom. The number of tetrazole rings is 1. The van der Waals surface area contributed by atoms with Crippen LogP contribution >= 0.6 is 0 Å². The molecule has 4 rings (SSSR count). The first kappa shape index (κ1) is 14.9. The molecule has 0 fully saturated rings. The number of aromatic nitrogens is 5. The Kier molecular flexibility index (Phi) is 3.88. The number of nitrogens with one attached hydrogen (secondary N) is 1. The van der Waals surface area contributed by atoms with E-state index >= 15 is 0 Å². The molecule has 7 heteroatoms. The van der Waals surface area contributed by atoms with Crippen molar-refractivity contribution in [3.8, 4) is 11.4 Å². The molecule has 0 aliphatic carbocycles. The van der Waals surface area contributed by atoms with E-state index in [0.717, 1.165) is 22.0 Å². The summed E-state index contributed by atoms with van der Waals surface area (Å²) in [4.78, 5) is 17.5. The molecular formula is C18H14N6O. The fraction of sp³-hybridized carbons (Fsp3) is 0.0556. The molecule has 2 aromatic heterocycles. The summed E-state index contributed by atoms with van der Waals surface area (Å²) in [5.74, 6) is 0.246. The molecule has 0 saturated heterocycles. The van der Waals surface area contributed by atoms with Gasteiger partial charge >= 0.3 is 0 Å². The standard InChI is InChI=1S/C18H14N6O/c25-17(20-16-7-3-5-13-4-1-2-6-15(13)16)12-24-22-18(21-23-24)14-8-10-19-11-9-14/h1-11H,12H2,(H,20,25). The molecule has 2 aromatic carbocycles. The number of carbonyl (C=O) groups excluding carboxylic acids is 1. The third-order valence-electron chi connectivity index (χ3n) is 3.74. The van der Waals surface area contributed by atoms with E-state index in [1.165, 1.54) is 4.80 Å². The van der Waals surface area contributed by atoms with Crippen LogP contribution in [-0.2, 0) is 11.3 Å². The lowest BCUT2D eigenvalue weighted by Gasteiger charge is -2.08. The van der Waals surface area contributed by atoms with Crippen molar-refractivity contribution in [2.75, 3.05) is 5.32 Å². The van der Waals surface area contributed by atoms with E-state index < -0.39 is 0 Å². The van der Waals surface area contributed by atoms with Gasteiger partial charge in [-0.05, 0) is 28.8 Å². The third-order valence-corrected chi connectivity index (χ3v) is 3.74. The van der Waals surface area contributed by atoms with Crippen LogP contribution in [0, 0.1) is 0 Å². The number of pyridine rings is 1. The largest absolute Gasteiger partial charge is 0.324 e. The second-order valence-electron chi connectivity index (χ2n) is 5.45. The summed E-state index contributed by atoms with van der Waals surface area (Å²) in [6.07, 6.45) is 3.31. The Labute approximate surface area is 143 Å². The topological polar surface area (TPSA) is 85.6 Å². The number of fused-ring (bicyclic) bond motifs is 1. The van der Waals surface area contributed by atoms with E-state index in [4.69, 9.17) is 0 Å². The molecule has 0 radical (unpaired) electrons. The van der Waals surface area contributed by atoms with Gasteiger partial charge in [0.2, 0.25) is 11.7 Å². The molecule has 0 bridgehead atoms. The van der Waals surface area contributed by atoms with Crippen LogP contribution in [0.4, 0.5) is 5.69 Å². The van der Waals surface area contributed by atoms with Crippen molar-refractivity contribution in [1.29, 1.82) is 0 Å². The molecule has 7 nitrogen and oxygen atoms in total. The highest BCUT2D eigenvalue weighted by molar-refractivity contribution is 6.01. The summed E-state index contributed by atoms with van der Waals surface area (Å²) in [7, 11) is 0. The summed E-state index contributed by atoms with van der Waals surface area (Å²) in [6.45, 7) is -0.0126. The maximum absolute atomic E-state index is 12.3. The van der Waals surface area contributed by atoms with Crippen LogP contribution in [0.15, 0.2) is 67.0 Å². The molecule has 0 saturated carbocycles. The van der Waals surface area contributed by atoms with E-state index in [1.54, 1.807) is 24.5 Å². The number of benzene rings is 2. The van der Waals surface area contributed by atoms with Crippen molar-refractivity contribution in [2.24, 2.45) is 0 Å². The van der Waals surface area contributed by atoms with Gasteiger partial charge in [-0.15, -0.1) is 10.2 Å². The lowest BCUT2D eigenvalue weighted by Crippen LogP contribution is -2.20. The van der Waals surface area contributed by atoms with Crippen molar-refractivity contribution in [1.82, 2.24) is 25.2 Å². The van der Waals surface area contributed by atoms with Gasteiger partial charge < -0.3 is 5.32 Å². The fourth-order valence-corrected chi connectivity index (χ4v) is 2.58. The van der Waals surface area contributed by atoms with Crippen molar-refractivity contribution in [3.63, 3.8) is 0 Å². The molecule has 0 aliphatic heterocycles. The molecule has 1 N–H and O–H groups in total. The Balaban J connectivity index is 1.50. The van der Waals surface area contributed by atoms with Gasteiger partial charge in [-0.3, -0.25) is 9.78 Å². The van der Waals surface area contributed by atoms with Crippen LogP contribution in [-0.4, -0.2) is 31.1 Å². The number of hydrogen-bond acceptors (Lipinski definition) is 5. The molecule has 25 heavy (non-hydrogen) atoms. The number of amides is 1. The molecular weight excluding hydrogens is 316 g/mol. The van der Waals surface area contributed by atoms with Crippen molar-refractivity contribution in [3.05, 3.63) is 67.0 Å². The summed E-state index contributed by atoms with van der Waals surface area (Å²) >= 11 is 0. The van der Waals surface area contributed by atoms with E-state index in [-0.39, 0.29) is 12.5 Å². The highest BCUT2D eigenvalue weighted by Gasteiger charge is 2.10. The number of hydrogen-bond donors (Lipinski definition) is 1. The van der Waals surface area contributed by atoms with Gasteiger partial charge in [-0.1, -0.05) is 36.4 Å². The molecule has 0 aliphatic rings. The van der Waals surface area contributed by atoms with Crippen LogP contribution in [0.3, 0.4) is 0 Å². The van der Waals surface area contributed by atoms with E-state index in [9.17, 15) is 4.79 Å². The zero-order valence-electron chi connectivity index (χ0n) is 13.2. The maximum atomic E-state index is 12.3. The minimum absolute atomic E-state index is 0.0126. The monoisotopic (exact) mass is 330 g/mol. The Morgan fingerprint density at radius 3 is 2.68 bits per heavy atom. The van der Waals surface area contributed by atoms with Crippen LogP contribution in [0.1, 0.15) is 0 Å². The Morgan fingerprint density at radius 1 is 1.00 bits per heavy atom. The molecule has 0 atom stereocenters. The lowest BCUT2D eigenvalue weighted by atomic mass is 10.1. The SMILES string of the molecule is O=C(Cn1nnc(-c2ccncc2)n1)Nc1cccc2ccccc12. The maximum Gasteiger partial charge on any atom is 0.248 e. The number of nitrogens with zero attached hydrogens (tertiary/aromatic N) is 5. The molecule has 2 heterocycles. The fourth-order valence-electron chi connectivity index (χ4n) is 2.58. The van der Waals surface area contributed by atoms with Crippen LogP contribution < -0.4 is 5.32 Å². The van der Waals surface area contributed by atoms with Crippen LogP contribution in [0.5, 0.6) is 0 Å². The first-order valence-corrected chi connectivity index (χ1v) is 7.75. The minimum atomic E-state index is -0.213. The average Bonchev–Trinajstić information content (AvgIpc) is 3.11. The Bertz CT molecular complexity index is 1020. The normalized spacial score (nSPS) is 10.7. The first-order chi connectivity index (χ1) is 12.3. The zero-order chi connectivity index (χ0) is 17.1. The van der Waals surface area contributed by atoms with Crippen LogP contribution in [0.2, 0.25) is 0 Å². The number of anilines is 1. The first-order valence-electron chi connectivity index (χ1n) is 7.75. The molecule has 1 amide bonds. The third kappa shape index (κ3) is 3.20. The number of rotatable bonds is 4. The van der Waals surface area contributed by atoms with Gasteiger partial charge in [-0.2, -0.15) is 4.80 Å². The van der Waals surface area contributed by atoms with Crippen molar-refractivity contribution < 1.29 is 4.79 Å². The lowest BCUT2D eigenvalue weighted by molar-refractivity contribution is -0.117.